The van der Waals surface area contributed by atoms with Crippen molar-refractivity contribution in [3.05, 3.63) is 148 Å². The first-order valence-corrected chi connectivity index (χ1v) is 38.3. The summed E-state index contributed by atoms with van der Waals surface area (Å²) in [5.74, 6) is 1.87. The number of hydrogen-bond acceptors (Lipinski definition) is 20. The lowest BCUT2D eigenvalue weighted by Crippen LogP contribution is -2.07. The van der Waals surface area contributed by atoms with Gasteiger partial charge in [0, 0.05) is 171 Å². The van der Waals surface area contributed by atoms with Crippen molar-refractivity contribution in [3.8, 4) is 0 Å². The fraction of sp³-hybridized carbons (Fsp3) is 0.458. The van der Waals surface area contributed by atoms with Crippen LogP contribution < -0.4 is 0 Å². The Labute approximate surface area is 493 Å². The van der Waals surface area contributed by atoms with E-state index < -0.39 is 58.4 Å². The second kappa shape index (κ2) is 34.2. The summed E-state index contributed by atoms with van der Waals surface area (Å²) in [4.78, 5) is 25.8. The van der Waals surface area contributed by atoms with E-state index >= 15 is 0 Å². The van der Waals surface area contributed by atoms with Crippen LogP contribution >= 0.6 is 69.1 Å². The molecule has 0 N–H and O–H groups in total. The zero-order chi connectivity index (χ0) is 59.7. The maximum absolute atomic E-state index is 11.9. The molecule has 8 atom stereocenters. The van der Waals surface area contributed by atoms with Gasteiger partial charge in [0.1, 0.15) is 15.5 Å². The van der Waals surface area contributed by atoms with E-state index in [1.807, 2.05) is 58.0 Å². The lowest BCUT2D eigenvalue weighted by molar-refractivity contribution is 0.671. The molecule has 30 heteroatoms. The lowest BCUT2D eigenvalue weighted by atomic mass is 10.2. The van der Waals surface area contributed by atoms with Gasteiger partial charge in [-0.25, -0.2) is 76.3 Å². The Bertz CT molecular complexity index is 3370. The topological polar surface area (TPSA) is 254 Å². The molecule has 0 aromatic carbocycles. The number of thiazole rings is 2. The van der Waals surface area contributed by atoms with E-state index in [0.717, 1.165) is 42.7 Å². The number of hydrogen-bond donors (Lipinski definition) is 0. The molecule has 78 heavy (non-hydrogen) atoms. The Morgan fingerprint density at radius 3 is 1.05 bits per heavy atom. The molecular formula is C48H72Cl4N12O6S8. The minimum absolute atomic E-state index is 0.128. The van der Waals surface area contributed by atoms with Crippen molar-refractivity contribution in [2.45, 2.75) is 61.2 Å². The van der Waals surface area contributed by atoms with Crippen LogP contribution in [-0.2, 0) is 81.4 Å². The summed E-state index contributed by atoms with van der Waals surface area (Å²) in [7, 11) is -3.13. The van der Waals surface area contributed by atoms with Crippen molar-refractivity contribution in [1.82, 2.24) is 29.9 Å². The van der Waals surface area contributed by atoms with Crippen LogP contribution in [0.5, 0.6) is 0 Å². The molecule has 6 heterocycles. The third-order valence-electron chi connectivity index (χ3n) is 10.7. The van der Waals surface area contributed by atoms with Crippen LogP contribution in [0, 0.1) is 13.8 Å². The average Bonchev–Trinajstić information content (AvgIpc) is 4.00. The lowest BCUT2D eigenvalue weighted by Gasteiger charge is -2.12. The van der Waals surface area contributed by atoms with Crippen molar-refractivity contribution >= 4 is 127 Å². The van der Waals surface area contributed by atoms with Gasteiger partial charge < -0.3 is 0 Å². The SMILES string of the molecule is CN=S(C)(=O)C(C)c1ccc(Cl)nc1.CN=S(C)(=O)Cc1ccc(C)nc1.CN=S(C)(=O)Cc1ccc(Cl)nc1.CN=S(C)(=O)Cc1cnc(C)s1.CN=S(C)(=O)Cc1cnc(Cl)s1.CN=S(C)(=O)[C@H](C)c1ccc(Cl)nc1. The van der Waals surface area contributed by atoms with E-state index in [1.165, 1.54) is 11.3 Å². The van der Waals surface area contributed by atoms with Crippen molar-refractivity contribution < 1.29 is 25.3 Å². The molecule has 0 aliphatic rings. The summed E-state index contributed by atoms with van der Waals surface area (Å²) in [5, 5.41) is 2.08. The van der Waals surface area contributed by atoms with E-state index in [0.29, 0.717) is 42.9 Å². The van der Waals surface area contributed by atoms with Crippen molar-refractivity contribution in [3.63, 3.8) is 0 Å². The molecule has 0 saturated carbocycles. The quantitative estimate of drug-likeness (QED) is 0.104. The molecule has 7 unspecified atom stereocenters. The third kappa shape index (κ3) is 29.4. The third-order valence-corrected chi connectivity index (χ3v) is 24.9. The van der Waals surface area contributed by atoms with Gasteiger partial charge in [-0.05, 0) is 74.2 Å². The molecule has 0 aliphatic carbocycles. The van der Waals surface area contributed by atoms with Crippen LogP contribution in [0.1, 0.15) is 67.1 Å². The van der Waals surface area contributed by atoms with Gasteiger partial charge in [-0.2, -0.15) is 0 Å². The minimum atomic E-state index is -2.17. The monoisotopic (exact) mass is 1310 g/mol. The van der Waals surface area contributed by atoms with E-state index in [2.05, 4.69) is 56.1 Å². The molecular weight excluding hydrogens is 1240 g/mol. The van der Waals surface area contributed by atoms with Gasteiger partial charge in [-0.1, -0.05) is 70.7 Å². The number of halogens is 4. The maximum Gasteiger partial charge on any atom is 0.183 e. The fourth-order valence-corrected chi connectivity index (χ4v) is 14.1. The standard InChI is InChI=1S/2C9H13ClN2OS.C9H14N2OS.C8H11ClN2OS.C7H12N2OS2.C6H9ClN2OS2/c2*1-7(14(3,13)11-2)8-4-5-9(10)12-6-8;1-8-4-5-9(6-11-8)7-13(3,12)10-2;1-10-13(2,12)6-7-3-4-8(9)11-5-7;1-6-9-4-7(11-6)5-12(3,10)8-2;1-8-12(2,10)4-5-3-9-6(7)11-5/h2*4-7H,1-3H3;4-6H,7H2,1-3H3;3-5H,6H2,1-2H3;4H,5H2,1-3H3;3H,4H2,1-2H3/t7-,14?;;;;;/m1...../s1. The van der Waals surface area contributed by atoms with Crippen molar-refractivity contribution in [2.75, 3.05) is 79.8 Å². The van der Waals surface area contributed by atoms with Gasteiger partial charge in [0.05, 0.1) is 58.0 Å². The van der Waals surface area contributed by atoms with Gasteiger partial charge in [-0.3, -0.25) is 4.98 Å². The smallest absolute Gasteiger partial charge is 0.183 e. The maximum atomic E-state index is 11.9. The van der Waals surface area contributed by atoms with E-state index in [-0.39, 0.29) is 10.5 Å². The summed E-state index contributed by atoms with van der Waals surface area (Å²) in [5.41, 5.74) is 4.63. The number of rotatable bonds is 12. The van der Waals surface area contributed by atoms with Gasteiger partial charge >= 0.3 is 0 Å². The normalized spacial score (nSPS) is 15.9. The second-order valence-electron chi connectivity index (χ2n) is 17.1. The largest absolute Gasteiger partial charge is 0.261 e. The zero-order valence-corrected chi connectivity index (χ0v) is 56.2. The van der Waals surface area contributed by atoms with Crippen LogP contribution in [0.15, 0.2) is 112 Å². The molecule has 0 bridgehead atoms. The Kier molecular flexibility index (Phi) is 31.9. The van der Waals surface area contributed by atoms with Crippen LogP contribution in [0.3, 0.4) is 0 Å². The Morgan fingerprint density at radius 2 is 0.769 bits per heavy atom. The van der Waals surface area contributed by atoms with Crippen LogP contribution in [0.25, 0.3) is 0 Å². The molecule has 0 radical (unpaired) electrons. The Morgan fingerprint density at radius 1 is 0.423 bits per heavy atom. The van der Waals surface area contributed by atoms with Gasteiger partial charge in [-0.15, -0.1) is 22.7 Å². The Balaban J connectivity index is 0.000000468. The molecule has 6 aromatic rings. The summed E-state index contributed by atoms with van der Waals surface area (Å²) in [6.07, 6.45) is 19.9. The number of aromatic nitrogens is 6. The predicted molar refractivity (Wildman–Crippen MR) is 337 cm³/mol. The van der Waals surface area contributed by atoms with Crippen LogP contribution in [0.2, 0.25) is 19.9 Å². The minimum Gasteiger partial charge on any atom is -0.261 e. The van der Waals surface area contributed by atoms with E-state index in [4.69, 9.17) is 46.4 Å². The molecule has 0 spiro atoms. The number of nitrogens with zero attached hydrogens (tertiary/aromatic N) is 12. The van der Waals surface area contributed by atoms with Crippen LogP contribution in [-0.4, -0.2) is 135 Å². The number of pyridine rings is 4. The molecule has 18 nitrogen and oxygen atoms in total. The van der Waals surface area contributed by atoms with Gasteiger partial charge in [0.2, 0.25) is 0 Å². The highest BCUT2D eigenvalue weighted by molar-refractivity contribution is 7.94. The first-order chi connectivity index (χ1) is 36.1. The van der Waals surface area contributed by atoms with Crippen molar-refractivity contribution in [2.24, 2.45) is 26.2 Å². The summed E-state index contributed by atoms with van der Waals surface area (Å²) in [6.45, 7) is 7.62. The molecule has 0 aliphatic heterocycles. The molecule has 6 rings (SSSR count). The van der Waals surface area contributed by atoms with E-state index in [1.54, 1.807) is 147 Å². The first kappa shape index (κ1) is 72.7. The highest BCUT2D eigenvalue weighted by Crippen LogP contribution is 2.24. The zero-order valence-electron chi connectivity index (χ0n) is 46.7. The molecule has 0 saturated heterocycles. The highest BCUT2D eigenvalue weighted by Gasteiger charge is 2.16. The van der Waals surface area contributed by atoms with Gasteiger partial charge in [0.15, 0.2) is 4.47 Å². The molecule has 0 amide bonds. The highest BCUT2D eigenvalue weighted by atomic mass is 35.5. The molecule has 0 fully saturated rings. The van der Waals surface area contributed by atoms with Crippen molar-refractivity contribution in [1.29, 1.82) is 0 Å². The summed E-state index contributed by atoms with van der Waals surface area (Å²) >= 11 is 25.5. The summed E-state index contributed by atoms with van der Waals surface area (Å²) < 4.78 is 93.6. The molecule has 6 aromatic heterocycles. The second-order valence-corrected chi connectivity index (χ2v) is 37.1. The first-order valence-electron chi connectivity index (χ1n) is 22.8. The van der Waals surface area contributed by atoms with E-state index in [9.17, 15) is 25.3 Å². The van der Waals surface area contributed by atoms with Crippen LogP contribution in [0.4, 0.5) is 0 Å². The molecule has 436 valence electrons. The fourth-order valence-electron chi connectivity index (χ4n) is 5.38. The Hall–Kier alpha value is -3.28. The average molecular weight is 1310 g/mol. The number of aryl methyl sites for hydroxylation is 2. The van der Waals surface area contributed by atoms with Gasteiger partial charge in [0.25, 0.3) is 0 Å². The predicted octanol–water partition coefficient (Wildman–Crippen LogP) is 12.3. The summed E-state index contributed by atoms with van der Waals surface area (Å²) in [6, 6.07) is 14.4.